The first kappa shape index (κ1) is 14.4. The van der Waals surface area contributed by atoms with E-state index in [1.54, 1.807) is 0 Å². The van der Waals surface area contributed by atoms with Gasteiger partial charge in [-0.25, -0.2) is 0 Å². The molecule has 0 bridgehead atoms. The van der Waals surface area contributed by atoms with Crippen LogP contribution in [0.1, 0.15) is 18.4 Å². The minimum absolute atomic E-state index is 1.01. The molecule has 3 nitrogen and oxygen atoms in total. The summed E-state index contributed by atoms with van der Waals surface area (Å²) in [6, 6.07) is 8.61. The minimum atomic E-state index is 1.01. The summed E-state index contributed by atoms with van der Waals surface area (Å²) in [5.41, 5.74) is 2.53. The van der Waals surface area contributed by atoms with Crippen LogP contribution < -0.4 is 5.32 Å². The second-order valence-electron chi connectivity index (χ2n) is 5.64. The summed E-state index contributed by atoms with van der Waals surface area (Å²) < 4.78 is 0. The van der Waals surface area contributed by atoms with E-state index >= 15 is 0 Å². The van der Waals surface area contributed by atoms with E-state index in [-0.39, 0.29) is 0 Å². The van der Waals surface area contributed by atoms with Crippen molar-refractivity contribution < 1.29 is 0 Å². The van der Waals surface area contributed by atoms with Crippen LogP contribution in [0.4, 0.5) is 5.69 Å². The van der Waals surface area contributed by atoms with Crippen molar-refractivity contribution in [3.63, 3.8) is 0 Å². The van der Waals surface area contributed by atoms with E-state index in [0.717, 1.165) is 13.1 Å². The van der Waals surface area contributed by atoms with Gasteiger partial charge < -0.3 is 15.1 Å². The van der Waals surface area contributed by atoms with Gasteiger partial charge in [0, 0.05) is 31.9 Å². The molecule has 1 aliphatic rings. The fourth-order valence-electron chi connectivity index (χ4n) is 2.49. The van der Waals surface area contributed by atoms with Crippen molar-refractivity contribution in [3.8, 4) is 0 Å². The number of likely N-dealkylation sites (N-methyl/N-ethyl adjacent to an activating group) is 1. The molecule has 1 fully saturated rings. The van der Waals surface area contributed by atoms with E-state index in [1.807, 2.05) is 0 Å². The number of aryl methyl sites for hydroxylation is 1. The van der Waals surface area contributed by atoms with Gasteiger partial charge in [-0.2, -0.15) is 0 Å². The van der Waals surface area contributed by atoms with Crippen LogP contribution in [0.5, 0.6) is 0 Å². The zero-order valence-electron chi connectivity index (χ0n) is 12.4. The zero-order valence-corrected chi connectivity index (χ0v) is 12.4. The lowest BCUT2D eigenvalue weighted by Crippen LogP contribution is -2.33. The molecule has 106 valence electrons. The fourth-order valence-corrected chi connectivity index (χ4v) is 2.49. The molecule has 0 aliphatic carbocycles. The summed E-state index contributed by atoms with van der Waals surface area (Å²) >= 11 is 0. The molecule has 1 aromatic rings. The molecule has 1 N–H and O–H groups in total. The molecule has 0 amide bonds. The van der Waals surface area contributed by atoms with Crippen LogP contribution in [-0.2, 0) is 0 Å². The van der Waals surface area contributed by atoms with Gasteiger partial charge in [0.25, 0.3) is 0 Å². The van der Waals surface area contributed by atoms with Crippen molar-refractivity contribution >= 4 is 5.69 Å². The van der Waals surface area contributed by atoms with E-state index in [9.17, 15) is 0 Å². The van der Waals surface area contributed by atoms with Crippen LogP contribution in [-0.4, -0.2) is 56.1 Å². The molecule has 0 saturated carbocycles. The molecule has 1 aromatic carbocycles. The molecule has 0 atom stereocenters. The standard InChI is InChI=1S/C16H27N3/c1-15-5-7-16(8-6-15)17-9-12-18(2)13-14-19-10-3-4-11-19/h5-8,17H,3-4,9-14H2,1-2H3. The Balaban J connectivity index is 1.58. The molecule has 0 unspecified atom stereocenters. The first-order valence-electron chi connectivity index (χ1n) is 7.45. The first-order chi connectivity index (χ1) is 9.24. The van der Waals surface area contributed by atoms with Crippen molar-refractivity contribution in [2.75, 3.05) is 51.6 Å². The van der Waals surface area contributed by atoms with E-state index in [1.165, 1.54) is 50.3 Å². The van der Waals surface area contributed by atoms with Crippen molar-refractivity contribution in [3.05, 3.63) is 29.8 Å². The molecule has 0 radical (unpaired) electrons. The lowest BCUT2D eigenvalue weighted by atomic mass is 10.2. The van der Waals surface area contributed by atoms with Gasteiger partial charge in [0.1, 0.15) is 0 Å². The van der Waals surface area contributed by atoms with Crippen LogP contribution >= 0.6 is 0 Å². The molecule has 1 heterocycles. The maximum Gasteiger partial charge on any atom is 0.0340 e. The Morgan fingerprint density at radius 3 is 2.47 bits per heavy atom. The number of anilines is 1. The fraction of sp³-hybridized carbons (Fsp3) is 0.625. The van der Waals surface area contributed by atoms with Crippen molar-refractivity contribution in [2.24, 2.45) is 0 Å². The van der Waals surface area contributed by atoms with Crippen molar-refractivity contribution in [1.29, 1.82) is 0 Å². The van der Waals surface area contributed by atoms with Crippen LogP contribution in [0, 0.1) is 6.92 Å². The van der Waals surface area contributed by atoms with Gasteiger partial charge in [-0.3, -0.25) is 0 Å². The number of hydrogen-bond acceptors (Lipinski definition) is 3. The molecule has 0 aromatic heterocycles. The highest BCUT2D eigenvalue weighted by Crippen LogP contribution is 2.08. The smallest absolute Gasteiger partial charge is 0.0340 e. The van der Waals surface area contributed by atoms with E-state index in [0.29, 0.717) is 0 Å². The minimum Gasteiger partial charge on any atom is -0.384 e. The Bertz CT molecular complexity index is 355. The lowest BCUT2D eigenvalue weighted by molar-refractivity contribution is 0.262. The third-order valence-electron chi connectivity index (χ3n) is 3.87. The van der Waals surface area contributed by atoms with Crippen LogP contribution in [0.25, 0.3) is 0 Å². The van der Waals surface area contributed by atoms with Crippen molar-refractivity contribution in [1.82, 2.24) is 9.80 Å². The van der Waals surface area contributed by atoms with Gasteiger partial charge >= 0.3 is 0 Å². The van der Waals surface area contributed by atoms with Gasteiger partial charge in [-0.15, -0.1) is 0 Å². The summed E-state index contributed by atoms with van der Waals surface area (Å²) in [6.07, 6.45) is 2.78. The third-order valence-corrected chi connectivity index (χ3v) is 3.87. The Morgan fingerprint density at radius 1 is 1.11 bits per heavy atom. The van der Waals surface area contributed by atoms with Crippen molar-refractivity contribution in [2.45, 2.75) is 19.8 Å². The summed E-state index contributed by atoms with van der Waals surface area (Å²) in [4.78, 5) is 4.99. The quantitative estimate of drug-likeness (QED) is 0.813. The highest BCUT2D eigenvalue weighted by atomic mass is 15.2. The lowest BCUT2D eigenvalue weighted by Gasteiger charge is -2.21. The number of hydrogen-bond donors (Lipinski definition) is 1. The van der Waals surface area contributed by atoms with E-state index < -0.39 is 0 Å². The molecule has 0 spiro atoms. The summed E-state index contributed by atoms with van der Waals surface area (Å²) in [5.74, 6) is 0. The Hall–Kier alpha value is -1.06. The average molecular weight is 261 g/mol. The molecule has 1 saturated heterocycles. The normalized spacial score (nSPS) is 16.2. The number of benzene rings is 1. The van der Waals surface area contributed by atoms with Gasteiger partial charge in [-0.05, 0) is 52.0 Å². The second-order valence-corrected chi connectivity index (χ2v) is 5.64. The van der Waals surface area contributed by atoms with Gasteiger partial charge in [0.05, 0.1) is 0 Å². The molecule has 3 heteroatoms. The average Bonchev–Trinajstić information content (AvgIpc) is 2.92. The Labute approximate surface area is 117 Å². The van der Waals surface area contributed by atoms with Gasteiger partial charge in [-0.1, -0.05) is 17.7 Å². The third kappa shape index (κ3) is 5.21. The highest BCUT2D eigenvalue weighted by Gasteiger charge is 2.11. The topological polar surface area (TPSA) is 18.5 Å². The first-order valence-corrected chi connectivity index (χ1v) is 7.45. The van der Waals surface area contributed by atoms with Gasteiger partial charge in [0.15, 0.2) is 0 Å². The summed E-state index contributed by atoms with van der Waals surface area (Å²) in [6.45, 7) is 9.23. The number of nitrogens with zero attached hydrogens (tertiary/aromatic N) is 2. The van der Waals surface area contributed by atoms with Crippen LogP contribution in [0.15, 0.2) is 24.3 Å². The Morgan fingerprint density at radius 2 is 1.79 bits per heavy atom. The second kappa shape index (κ2) is 7.51. The molecular formula is C16H27N3. The monoisotopic (exact) mass is 261 g/mol. The SMILES string of the molecule is Cc1ccc(NCCN(C)CCN2CCCC2)cc1. The summed E-state index contributed by atoms with van der Waals surface area (Å²) in [7, 11) is 2.22. The molecule has 2 rings (SSSR count). The molecular weight excluding hydrogens is 234 g/mol. The highest BCUT2D eigenvalue weighted by molar-refractivity contribution is 5.44. The molecule has 19 heavy (non-hydrogen) atoms. The van der Waals surface area contributed by atoms with Crippen LogP contribution in [0.2, 0.25) is 0 Å². The van der Waals surface area contributed by atoms with Gasteiger partial charge in [0.2, 0.25) is 0 Å². The maximum atomic E-state index is 3.48. The predicted molar refractivity (Wildman–Crippen MR) is 82.8 cm³/mol. The zero-order chi connectivity index (χ0) is 13.5. The predicted octanol–water partition coefficient (Wildman–Crippen LogP) is 2.43. The number of nitrogens with one attached hydrogen (secondary N) is 1. The summed E-state index contributed by atoms with van der Waals surface area (Å²) in [5, 5.41) is 3.48. The van der Waals surface area contributed by atoms with E-state index in [2.05, 4.69) is 53.4 Å². The number of likely N-dealkylation sites (tertiary alicyclic amines) is 1. The Kier molecular flexibility index (Phi) is 5.67. The largest absolute Gasteiger partial charge is 0.384 e. The number of rotatable bonds is 7. The molecule has 1 aliphatic heterocycles. The van der Waals surface area contributed by atoms with E-state index in [4.69, 9.17) is 0 Å². The maximum absolute atomic E-state index is 3.48. The van der Waals surface area contributed by atoms with Crippen LogP contribution in [0.3, 0.4) is 0 Å².